The Morgan fingerprint density at radius 1 is 1.07 bits per heavy atom. The van der Waals surface area contributed by atoms with E-state index in [1.807, 2.05) is 11.0 Å². The molecule has 1 fully saturated rings. The fraction of sp³-hybridized carbons (Fsp3) is 0.435. The van der Waals surface area contributed by atoms with Gasteiger partial charge in [0.1, 0.15) is 13.2 Å². The number of benzene rings is 2. The minimum Gasteiger partial charge on any atom is -0.486 e. The number of hydrogen-bond donors (Lipinski definition) is 0. The van der Waals surface area contributed by atoms with E-state index >= 15 is 0 Å². The molecule has 1 amide bonds. The first-order valence-electron chi connectivity index (χ1n) is 10.0. The molecule has 1 unspecified atom stereocenters. The van der Waals surface area contributed by atoms with Gasteiger partial charge in [0.15, 0.2) is 11.5 Å². The van der Waals surface area contributed by atoms with Crippen LogP contribution < -0.4 is 9.47 Å². The topological polar surface area (TPSA) is 38.8 Å². The molecule has 4 nitrogen and oxygen atoms in total. The SMILES string of the molecule is Cc1ccc(SCCC(=O)N2CCCC2c2ccc3c(c2)OCCO3)cc1C. The third kappa shape index (κ3) is 4.14. The van der Waals surface area contributed by atoms with Gasteiger partial charge in [-0.25, -0.2) is 0 Å². The molecule has 2 aromatic rings. The van der Waals surface area contributed by atoms with E-state index in [-0.39, 0.29) is 11.9 Å². The van der Waals surface area contributed by atoms with Crippen LogP contribution in [0.3, 0.4) is 0 Å². The Morgan fingerprint density at radius 3 is 2.71 bits per heavy atom. The molecule has 0 radical (unpaired) electrons. The van der Waals surface area contributed by atoms with Crippen LogP contribution in [0.5, 0.6) is 11.5 Å². The smallest absolute Gasteiger partial charge is 0.223 e. The van der Waals surface area contributed by atoms with E-state index in [9.17, 15) is 4.79 Å². The zero-order chi connectivity index (χ0) is 19.5. The summed E-state index contributed by atoms with van der Waals surface area (Å²) in [6.45, 7) is 6.27. The van der Waals surface area contributed by atoms with E-state index in [4.69, 9.17) is 9.47 Å². The molecule has 0 bridgehead atoms. The van der Waals surface area contributed by atoms with Gasteiger partial charge in [0, 0.05) is 23.6 Å². The highest BCUT2D eigenvalue weighted by molar-refractivity contribution is 7.99. The lowest BCUT2D eigenvalue weighted by molar-refractivity contribution is -0.131. The summed E-state index contributed by atoms with van der Waals surface area (Å²) in [6.07, 6.45) is 2.63. The normalized spacial score (nSPS) is 18.4. The van der Waals surface area contributed by atoms with Crippen LogP contribution >= 0.6 is 11.8 Å². The Kier molecular flexibility index (Phi) is 5.81. The van der Waals surface area contributed by atoms with Crippen LogP contribution in [0.2, 0.25) is 0 Å². The summed E-state index contributed by atoms with van der Waals surface area (Å²) in [5.41, 5.74) is 3.76. The molecule has 0 aromatic heterocycles. The minimum atomic E-state index is 0.148. The molecule has 2 aliphatic heterocycles. The van der Waals surface area contributed by atoms with Crippen molar-refractivity contribution in [1.29, 1.82) is 0 Å². The lowest BCUT2D eigenvalue weighted by atomic mass is 10.0. The molecular formula is C23H27NO3S. The third-order valence-corrected chi connectivity index (χ3v) is 6.58. The molecule has 2 aromatic carbocycles. The van der Waals surface area contributed by atoms with Crippen LogP contribution in [0.4, 0.5) is 0 Å². The summed E-state index contributed by atoms with van der Waals surface area (Å²) in [5, 5.41) is 0. The van der Waals surface area contributed by atoms with E-state index in [0.29, 0.717) is 19.6 Å². The van der Waals surface area contributed by atoms with Crippen molar-refractivity contribution in [1.82, 2.24) is 4.90 Å². The van der Waals surface area contributed by atoms with Crippen LogP contribution in [0.1, 0.15) is 42.0 Å². The van der Waals surface area contributed by atoms with Crippen LogP contribution in [0, 0.1) is 13.8 Å². The maximum atomic E-state index is 12.9. The molecule has 0 aliphatic carbocycles. The number of amides is 1. The Labute approximate surface area is 171 Å². The van der Waals surface area contributed by atoms with Crippen LogP contribution in [-0.2, 0) is 4.79 Å². The number of carbonyl (C=O) groups is 1. The summed E-state index contributed by atoms with van der Waals surface area (Å²) < 4.78 is 11.3. The van der Waals surface area contributed by atoms with Gasteiger partial charge in [0.05, 0.1) is 6.04 Å². The predicted molar refractivity (Wildman–Crippen MR) is 112 cm³/mol. The highest BCUT2D eigenvalue weighted by atomic mass is 32.2. The first-order chi connectivity index (χ1) is 13.6. The molecule has 1 saturated heterocycles. The van der Waals surface area contributed by atoms with E-state index < -0.39 is 0 Å². The monoisotopic (exact) mass is 397 g/mol. The number of thioether (sulfide) groups is 1. The lowest BCUT2D eigenvalue weighted by Gasteiger charge is -2.27. The lowest BCUT2D eigenvalue weighted by Crippen LogP contribution is -2.30. The van der Waals surface area contributed by atoms with Crippen molar-refractivity contribution >= 4 is 17.7 Å². The largest absolute Gasteiger partial charge is 0.486 e. The third-order valence-electron chi connectivity index (χ3n) is 5.59. The summed E-state index contributed by atoms with van der Waals surface area (Å²) in [6, 6.07) is 12.7. The van der Waals surface area contributed by atoms with Gasteiger partial charge in [0.25, 0.3) is 0 Å². The van der Waals surface area contributed by atoms with Crippen molar-refractivity contribution in [3.8, 4) is 11.5 Å². The van der Waals surface area contributed by atoms with Gasteiger partial charge in [-0.1, -0.05) is 12.1 Å². The van der Waals surface area contributed by atoms with Crippen molar-refractivity contribution in [2.45, 2.75) is 44.0 Å². The van der Waals surface area contributed by atoms with E-state index in [1.165, 1.54) is 16.0 Å². The highest BCUT2D eigenvalue weighted by Crippen LogP contribution is 2.38. The maximum absolute atomic E-state index is 12.9. The molecule has 1 atom stereocenters. The number of nitrogens with zero attached hydrogens (tertiary/aromatic N) is 1. The molecule has 2 heterocycles. The minimum absolute atomic E-state index is 0.148. The fourth-order valence-corrected chi connectivity index (χ4v) is 4.82. The maximum Gasteiger partial charge on any atom is 0.223 e. The van der Waals surface area contributed by atoms with Crippen LogP contribution in [0.25, 0.3) is 0 Å². The second-order valence-electron chi connectivity index (χ2n) is 7.49. The molecule has 0 saturated carbocycles. The molecular weight excluding hydrogens is 370 g/mol. The van der Waals surface area contributed by atoms with Crippen molar-refractivity contribution in [3.05, 3.63) is 53.1 Å². The number of ether oxygens (including phenoxy) is 2. The summed E-state index contributed by atoms with van der Waals surface area (Å²) in [4.78, 5) is 16.2. The number of likely N-dealkylation sites (tertiary alicyclic amines) is 1. The number of fused-ring (bicyclic) bond motifs is 1. The Balaban J connectivity index is 1.37. The van der Waals surface area contributed by atoms with Crippen LogP contribution in [0.15, 0.2) is 41.3 Å². The second-order valence-corrected chi connectivity index (χ2v) is 8.66. The predicted octanol–water partition coefficient (Wildman–Crippen LogP) is 4.92. The summed E-state index contributed by atoms with van der Waals surface area (Å²) in [5.74, 6) is 2.66. The summed E-state index contributed by atoms with van der Waals surface area (Å²) >= 11 is 1.76. The molecule has 2 aliphatic rings. The van der Waals surface area contributed by atoms with Crippen molar-refractivity contribution in [3.63, 3.8) is 0 Å². The van der Waals surface area contributed by atoms with Gasteiger partial charge in [-0.2, -0.15) is 0 Å². The van der Waals surface area contributed by atoms with E-state index in [1.54, 1.807) is 11.8 Å². The number of aryl methyl sites for hydroxylation is 2. The first kappa shape index (κ1) is 19.2. The average molecular weight is 398 g/mol. The second kappa shape index (κ2) is 8.48. The first-order valence-corrected chi connectivity index (χ1v) is 11.0. The molecule has 4 rings (SSSR count). The molecule has 5 heteroatoms. The number of hydrogen-bond acceptors (Lipinski definition) is 4. The quantitative estimate of drug-likeness (QED) is 0.671. The van der Waals surface area contributed by atoms with Gasteiger partial charge in [0.2, 0.25) is 5.91 Å². The molecule has 28 heavy (non-hydrogen) atoms. The van der Waals surface area contributed by atoms with E-state index in [0.717, 1.165) is 42.2 Å². The Morgan fingerprint density at radius 2 is 1.89 bits per heavy atom. The zero-order valence-electron chi connectivity index (χ0n) is 16.6. The number of carbonyl (C=O) groups excluding carboxylic acids is 1. The van der Waals surface area contributed by atoms with E-state index in [2.05, 4.69) is 44.2 Å². The zero-order valence-corrected chi connectivity index (χ0v) is 17.4. The van der Waals surface area contributed by atoms with Gasteiger partial charge in [-0.15, -0.1) is 11.8 Å². The number of rotatable bonds is 5. The van der Waals surface area contributed by atoms with Crippen molar-refractivity contribution in [2.75, 3.05) is 25.5 Å². The van der Waals surface area contributed by atoms with Crippen molar-refractivity contribution < 1.29 is 14.3 Å². The van der Waals surface area contributed by atoms with Crippen molar-refractivity contribution in [2.24, 2.45) is 0 Å². The van der Waals surface area contributed by atoms with Crippen LogP contribution in [-0.4, -0.2) is 36.3 Å². The standard InChI is InChI=1S/C23H27NO3S/c1-16-5-7-19(14-17(16)2)28-13-9-23(25)24-10-3-4-20(24)18-6-8-21-22(15-18)27-12-11-26-21/h5-8,14-15,20H,3-4,9-13H2,1-2H3. The molecule has 148 valence electrons. The highest BCUT2D eigenvalue weighted by Gasteiger charge is 2.30. The van der Waals surface area contributed by atoms with Gasteiger partial charge in [-0.3, -0.25) is 4.79 Å². The summed E-state index contributed by atoms with van der Waals surface area (Å²) in [7, 11) is 0. The van der Waals surface area contributed by atoms with Gasteiger partial charge < -0.3 is 14.4 Å². The Hall–Kier alpha value is -2.14. The van der Waals surface area contributed by atoms with Gasteiger partial charge in [-0.05, 0) is 67.6 Å². The fourth-order valence-electron chi connectivity index (χ4n) is 3.88. The molecule has 0 N–H and O–H groups in total. The average Bonchev–Trinajstić information content (AvgIpc) is 3.20. The van der Waals surface area contributed by atoms with Gasteiger partial charge >= 0.3 is 0 Å². The molecule has 0 spiro atoms. The Bertz CT molecular complexity index is 867.